The molecule has 1 unspecified atom stereocenters. The average molecular weight is 239 g/mol. The van der Waals surface area contributed by atoms with E-state index in [9.17, 15) is 4.79 Å². The second kappa shape index (κ2) is 5.33. The van der Waals surface area contributed by atoms with Gasteiger partial charge in [-0.05, 0) is 37.4 Å². The standard InChI is InChI=1S/C12H17NO4/c14-8-9-2-1-5-13(6-9)7-10-3-4-11(17-10)12(15)16/h3-4,9,14H,1-2,5-8H2,(H,15,16). The fourth-order valence-electron chi connectivity index (χ4n) is 2.24. The van der Waals surface area contributed by atoms with E-state index in [1.807, 2.05) is 0 Å². The first-order valence-corrected chi connectivity index (χ1v) is 5.84. The summed E-state index contributed by atoms with van der Waals surface area (Å²) in [5.74, 6) is -0.0579. The van der Waals surface area contributed by atoms with Crippen LogP contribution in [0.2, 0.25) is 0 Å². The summed E-state index contributed by atoms with van der Waals surface area (Å²) >= 11 is 0. The quantitative estimate of drug-likeness (QED) is 0.825. The Morgan fingerprint density at radius 3 is 3.00 bits per heavy atom. The molecule has 0 bridgehead atoms. The smallest absolute Gasteiger partial charge is 0.371 e. The maximum Gasteiger partial charge on any atom is 0.371 e. The number of aliphatic hydroxyl groups excluding tert-OH is 1. The van der Waals surface area contributed by atoms with Crippen LogP contribution in [0.4, 0.5) is 0 Å². The van der Waals surface area contributed by atoms with E-state index in [2.05, 4.69) is 4.90 Å². The predicted octanol–water partition coefficient (Wildman–Crippen LogP) is 1.18. The van der Waals surface area contributed by atoms with E-state index in [1.165, 1.54) is 6.07 Å². The molecule has 5 nitrogen and oxygen atoms in total. The number of carboxylic acid groups (broad SMARTS) is 1. The van der Waals surface area contributed by atoms with Crippen molar-refractivity contribution in [2.45, 2.75) is 19.4 Å². The van der Waals surface area contributed by atoms with Gasteiger partial charge in [0.25, 0.3) is 0 Å². The number of rotatable bonds is 4. The lowest BCUT2D eigenvalue weighted by molar-refractivity contribution is 0.0655. The molecule has 1 fully saturated rings. The molecule has 2 heterocycles. The summed E-state index contributed by atoms with van der Waals surface area (Å²) in [5.41, 5.74) is 0. The summed E-state index contributed by atoms with van der Waals surface area (Å²) in [5, 5.41) is 17.9. The number of hydrogen-bond donors (Lipinski definition) is 2. The van der Waals surface area contributed by atoms with E-state index < -0.39 is 5.97 Å². The highest BCUT2D eigenvalue weighted by Crippen LogP contribution is 2.19. The van der Waals surface area contributed by atoms with E-state index in [4.69, 9.17) is 14.6 Å². The van der Waals surface area contributed by atoms with Crippen LogP contribution in [0.3, 0.4) is 0 Å². The fraction of sp³-hybridized carbons (Fsp3) is 0.583. The van der Waals surface area contributed by atoms with Gasteiger partial charge in [-0.1, -0.05) is 0 Å². The zero-order chi connectivity index (χ0) is 12.3. The third-order valence-electron chi connectivity index (χ3n) is 3.11. The van der Waals surface area contributed by atoms with Gasteiger partial charge in [0.1, 0.15) is 5.76 Å². The molecular weight excluding hydrogens is 222 g/mol. The number of piperidine rings is 1. The van der Waals surface area contributed by atoms with Crippen molar-refractivity contribution in [3.63, 3.8) is 0 Å². The summed E-state index contributed by atoms with van der Waals surface area (Å²) in [7, 11) is 0. The Bertz CT molecular complexity index is 388. The normalized spacial score (nSPS) is 21.6. The predicted molar refractivity (Wildman–Crippen MR) is 60.8 cm³/mol. The van der Waals surface area contributed by atoms with Gasteiger partial charge in [-0.25, -0.2) is 4.79 Å². The van der Waals surface area contributed by atoms with Crippen molar-refractivity contribution >= 4 is 5.97 Å². The zero-order valence-electron chi connectivity index (χ0n) is 9.63. The van der Waals surface area contributed by atoms with Crippen LogP contribution in [0.1, 0.15) is 29.2 Å². The average Bonchev–Trinajstić information content (AvgIpc) is 2.78. The highest BCUT2D eigenvalue weighted by Gasteiger charge is 2.20. The molecular formula is C12H17NO4. The van der Waals surface area contributed by atoms with E-state index in [0.29, 0.717) is 18.2 Å². The van der Waals surface area contributed by atoms with Gasteiger partial charge < -0.3 is 14.6 Å². The third-order valence-corrected chi connectivity index (χ3v) is 3.11. The first-order valence-electron chi connectivity index (χ1n) is 5.84. The van der Waals surface area contributed by atoms with Gasteiger partial charge in [-0.2, -0.15) is 0 Å². The van der Waals surface area contributed by atoms with Gasteiger partial charge in [0.15, 0.2) is 0 Å². The Hall–Kier alpha value is -1.33. The Kier molecular flexibility index (Phi) is 3.81. The van der Waals surface area contributed by atoms with Crippen molar-refractivity contribution in [3.05, 3.63) is 23.7 Å². The molecule has 0 aromatic carbocycles. The van der Waals surface area contributed by atoms with Crippen LogP contribution >= 0.6 is 0 Å². The Morgan fingerprint density at radius 1 is 1.53 bits per heavy atom. The van der Waals surface area contributed by atoms with Crippen molar-refractivity contribution in [1.29, 1.82) is 0 Å². The summed E-state index contributed by atoms with van der Waals surface area (Å²) < 4.78 is 5.21. The van der Waals surface area contributed by atoms with Crippen molar-refractivity contribution in [1.82, 2.24) is 4.90 Å². The van der Waals surface area contributed by atoms with Crippen LogP contribution in [0.5, 0.6) is 0 Å². The fourth-order valence-corrected chi connectivity index (χ4v) is 2.24. The van der Waals surface area contributed by atoms with E-state index in [-0.39, 0.29) is 12.4 Å². The number of likely N-dealkylation sites (tertiary alicyclic amines) is 1. The van der Waals surface area contributed by atoms with Gasteiger partial charge in [0, 0.05) is 13.2 Å². The van der Waals surface area contributed by atoms with E-state index in [0.717, 1.165) is 25.9 Å². The molecule has 2 N–H and O–H groups in total. The van der Waals surface area contributed by atoms with Crippen LogP contribution in [-0.4, -0.2) is 40.8 Å². The van der Waals surface area contributed by atoms with Gasteiger partial charge in [-0.15, -0.1) is 0 Å². The number of carbonyl (C=O) groups is 1. The molecule has 1 atom stereocenters. The molecule has 5 heteroatoms. The SMILES string of the molecule is O=C(O)c1ccc(CN2CCCC(CO)C2)o1. The Labute approximate surface area is 99.6 Å². The van der Waals surface area contributed by atoms with Crippen LogP contribution in [0.15, 0.2) is 16.5 Å². The highest BCUT2D eigenvalue weighted by molar-refractivity contribution is 5.84. The van der Waals surface area contributed by atoms with E-state index >= 15 is 0 Å². The number of aliphatic hydroxyl groups is 1. The number of hydrogen-bond acceptors (Lipinski definition) is 4. The number of furan rings is 1. The highest BCUT2D eigenvalue weighted by atomic mass is 16.4. The maximum atomic E-state index is 10.7. The topological polar surface area (TPSA) is 73.9 Å². The number of carboxylic acids is 1. The molecule has 0 saturated carbocycles. The minimum Gasteiger partial charge on any atom is -0.475 e. The molecule has 0 aliphatic carbocycles. The molecule has 1 aromatic rings. The largest absolute Gasteiger partial charge is 0.475 e. The van der Waals surface area contributed by atoms with Crippen molar-refractivity contribution in [3.8, 4) is 0 Å². The first-order chi connectivity index (χ1) is 8.19. The van der Waals surface area contributed by atoms with Gasteiger partial charge >= 0.3 is 5.97 Å². The minimum absolute atomic E-state index is 0.0179. The second-order valence-corrected chi connectivity index (χ2v) is 4.50. The summed E-state index contributed by atoms with van der Waals surface area (Å²) in [6, 6.07) is 3.18. The molecule has 0 spiro atoms. The summed E-state index contributed by atoms with van der Waals surface area (Å²) in [6.07, 6.45) is 2.13. The van der Waals surface area contributed by atoms with E-state index in [1.54, 1.807) is 6.07 Å². The molecule has 1 aromatic heterocycles. The lowest BCUT2D eigenvalue weighted by Gasteiger charge is -2.30. The minimum atomic E-state index is -1.04. The van der Waals surface area contributed by atoms with Crippen molar-refractivity contribution < 1.29 is 19.4 Å². The number of aromatic carboxylic acids is 1. The molecule has 17 heavy (non-hydrogen) atoms. The molecule has 2 rings (SSSR count). The lowest BCUT2D eigenvalue weighted by Crippen LogP contribution is -2.36. The summed E-state index contributed by atoms with van der Waals surface area (Å²) in [4.78, 5) is 12.9. The lowest BCUT2D eigenvalue weighted by atomic mass is 9.99. The molecule has 0 radical (unpaired) electrons. The van der Waals surface area contributed by atoms with Gasteiger partial charge in [-0.3, -0.25) is 4.90 Å². The monoisotopic (exact) mass is 239 g/mol. The molecule has 1 saturated heterocycles. The van der Waals surface area contributed by atoms with Crippen molar-refractivity contribution in [2.75, 3.05) is 19.7 Å². The Balaban J connectivity index is 1.93. The van der Waals surface area contributed by atoms with Gasteiger partial charge in [0.05, 0.1) is 6.54 Å². The molecule has 1 aliphatic rings. The van der Waals surface area contributed by atoms with Crippen molar-refractivity contribution in [2.24, 2.45) is 5.92 Å². The van der Waals surface area contributed by atoms with Crippen LogP contribution < -0.4 is 0 Å². The summed E-state index contributed by atoms with van der Waals surface area (Å²) in [6.45, 7) is 2.65. The van der Waals surface area contributed by atoms with Crippen LogP contribution in [0.25, 0.3) is 0 Å². The second-order valence-electron chi connectivity index (χ2n) is 4.50. The maximum absolute atomic E-state index is 10.7. The molecule has 94 valence electrons. The van der Waals surface area contributed by atoms with Gasteiger partial charge in [0.2, 0.25) is 5.76 Å². The Morgan fingerprint density at radius 2 is 2.35 bits per heavy atom. The third kappa shape index (κ3) is 3.08. The first kappa shape index (κ1) is 12.1. The molecule has 1 aliphatic heterocycles. The number of nitrogens with zero attached hydrogens (tertiary/aromatic N) is 1. The molecule has 0 amide bonds. The van der Waals surface area contributed by atoms with Crippen LogP contribution in [-0.2, 0) is 6.54 Å². The zero-order valence-corrected chi connectivity index (χ0v) is 9.63. The van der Waals surface area contributed by atoms with Crippen LogP contribution in [0, 0.1) is 5.92 Å².